The van der Waals surface area contributed by atoms with Gasteiger partial charge in [0.15, 0.2) is 5.78 Å². The molecular formula is C16H16BrNO2. The van der Waals surface area contributed by atoms with Gasteiger partial charge in [-0.2, -0.15) is 0 Å². The second kappa shape index (κ2) is 6.18. The highest BCUT2D eigenvalue weighted by atomic mass is 79.9. The van der Waals surface area contributed by atoms with E-state index in [1.165, 1.54) is 0 Å². The Morgan fingerprint density at radius 1 is 1.25 bits per heavy atom. The van der Waals surface area contributed by atoms with Gasteiger partial charge in [-0.3, -0.25) is 9.78 Å². The molecule has 0 fully saturated rings. The summed E-state index contributed by atoms with van der Waals surface area (Å²) in [7, 11) is 1.63. The first-order valence-electron chi connectivity index (χ1n) is 6.30. The van der Waals surface area contributed by atoms with Gasteiger partial charge in [0.25, 0.3) is 0 Å². The number of ether oxygens (including phenoxy) is 1. The number of methoxy groups -OCH3 is 1. The second-order valence-corrected chi connectivity index (χ2v) is 5.57. The number of hydrogen-bond donors (Lipinski definition) is 0. The molecule has 0 aliphatic heterocycles. The van der Waals surface area contributed by atoms with Gasteiger partial charge in [-0.25, -0.2) is 0 Å². The van der Waals surface area contributed by atoms with Crippen LogP contribution in [-0.4, -0.2) is 17.9 Å². The van der Waals surface area contributed by atoms with Crippen LogP contribution >= 0.6 is 15.9 Å². The lowest BCUT2D eigenvalue weighted by Crippen LogP contribution is -2.08. The maximum atomic E-state index is 12.3. The molecule has 104 valence electrons. The fourth-order valence-corrected chi connectivity index (χ4v) is 2.40. The SMILES string of the molecule is COc1c(C)cnc(CC(=O)c2ccc(Br)cc2)c1C. The summed E-state index contributed by atoms with van der Waals surface area (Å²) < 4.78 is 6.32. The van der Waals surface area contributed by atoms with Crippen molar-refractivity contribution in [3.05, 3.63) is 57.3 Å². The topological polar surface area (TPSA) is 39.2 Å². The standard InChI is InChI=1S/C16H16BrNO2/c1-10-9-18-14(11(2)16(10)20-3)8-15(19)12-4-6-13(17)7-5-12/h4-7,9H,8H2,1-3H3. The van der Waals surface area contributed by atoms with E-state index in [0.717, 1.165) is 27.0 Å². The van der Waals surface area contributed by atoms with E-state index in [1.54, 1.807) is 13.3 Å². The van der Waals surface area contributed by atoms with Crippen molar-refractivity contribution in [3.8, 4) is 5.75 Å². The van der Waals surface area contributed by atoms with Crippen molar-refractivity contribution in [1.29, 1.82) is 0 Å². The molecule has 0 aliphatic carbocycles. The normalized spacial score (nSPS) is 10.4. The van der Waals surface area contributed by atoms with E-state index in [2.05, 4.69) is 20.9 Å². The van der Waals surface area contributed by atoms with Gasteiger partial charge in [0.05, 0.1) is 19.2 Å². The predicted molar refractivity (Wildman–Crippen MR) is 82.4 cm³/mol. The molecule has 2 aromatic rings. The smallest absolute Gasteiger partial charge is 0.168 e. The van der Waals surface area contributed by atoms with Gasteiger partial charge in [0.1, 0.15) is 5.75 Å². The largest absolute Gasteiger partial charge is 0.496 e. The summed E-state index contributed by atoms with van der Waals surface area (Å²) >= 11 is 3.36. The molecule has 1 aromatic carbocycles. The first-order valence-corrected chi connectivity index (χ1v) is 7.10. The number of pyridine rings is 1. The zero-order chi connectivity index (χ0) is 14.7. The molecule has 0 spiro atoms. The van der Waals surface area contributed by atoms with Crippen LogP contribution in [-0.2, 0) is 6.42 Å². The molecule has 0 N–H and O–H groups in total. The highest BCUT2D eigenvalue weighted by Gasteiger charge is 2.14. The Hall–Kier alpha value is -1.68. The van der Waals surface area contributed by atoms with Crippen LogP contribution in [0.15, 0.2) is 34.9 Å². The molecule has 0 unspecified atom stereocenters. The highest BCUT2D eigenvalue weighted by Crippen LogP contribution is 2.24. The summed E-state index contributed by atoms with van der Waals surface area (Å²) in [5.74, 6) is 0.859. The van der Waals surface area contributed by atoms with Crippen LogP contribution in [0.2, 0.25) is 0 Å². The third-order valence-corrected chi connectivity index (χ3v) is 3.77. The molecule has 3 nitrogen and oxygen atoms in total. The number of hydrogen-bond acceptors (Lipinski definition) is 3. The van der Waals surface area contributed by atoms with E-state index in [1.807, 2.05) is 38.1 Å². The maximum Gasteiger partial charge on any atom is 0.168 e. The molecule has 2 rings (SSSR count). The van der Waals surface area contributed by atoms with Crippen LogP contribution in [0, 0.1) is 13.8 Å². The van der Waals surface area contributed by atoms with Crippen molar-refractivity contribution < 1.29 is 9.53 Å². The summed E-state index contributed by atoms with van der Waals surface area (Å²) in [6.07, 6.45) is 2.03. The van der Waals surface area contributed by atoms with Crippen molar-refractivity contribution in [2.75, 3.05) is 7.11 Å². The van der Waals surface area contributed by atoms with Gasteiger partial charge in [-0.1, -0.05) is 28.1 Å². The van der Waals surface area contributed by atoms with Crippen LogP contribution in [0.3, 0.4) is 0 Å². The minimum Gasteiger partial charge on any atom is -0.496 e. The van der Waals surface area contributed by atoms with Crippen molar-refractivity contribution in [3.63, 3.8) is 0 Å². The van der Waals surface area contributed by atoms with E-state index in [0.29, 0.717) is 5.56 Å². The van der Waals surface area contributed by atoms with E-state index in [4.69, 9.17) is 4.74 Å². The molecule has 1 heterocycles. The number of Topliss-reactive ketones (excluding diaryl/α,β-unsaturated/α-hetero) is 1. The number of benzene rings is 1. The Labute approximate surface area is 127 Å². The van der Waals surface area contributed by atoms with E-state index >= 15 is 0 Å². The third kappa shape index (κ3) is 3.07. The summed E-state index contributed by atoms with van der Waals surface area (Å²) in [4.78, 5) is 16.6. The number of carbonyl (C=O) groups excluding carboxylic acids is 1. The molecule has 0 amide bonds. The first kappa shape index (κ1) is 14.7. The van der Waals surface area contributed by atoms with Crippen LogP contribution < -0.4 is 4.74 Å². The average molecular weight is 334 g/mol. The fraction of sp³-hybridized carbons (Fsp3) is 0.250. The van der Waals surface area contributed by atoms with Crippen molar-refractivity contribution in [1.82, 2.24) is 4.98 Å². The number of aryl methyl sites for hydroxylation is 1. The monoisotopic (exact) mass is 333 g/mol. The van der Waals surface area contributed by atoms with Crippen LogP contribution in [0.25, 0.3) is 0 Å². The molecule has 0 bridgehead atoms. The minimum absolute atomic E-state index is 0.0546. The minimum atomic E-state index is 0.0546. The average Bonchev–Trinajstić information content (AvgIpc) is 2.43. The summed E-state index contributed by atoms with van der Waals surface area (Å²) in [5, 5.41) is 0. The predicted octanol–water partition coefficient (Wildman–Crippen LogP) is 3.89. The lowest BCUT2D eigenvalue weighted by Gasteiger charge is -2.11. The second-order valence-electron chi connectivity index (χ2n) is 4.65. The maximum absolute atomic E-state index is 12.3. The third-order valence-electron chi connectivity index (χ3n) is 3.24. The molecule has 0 saturated heterocycles. The van der Waals surface area contributed by atoms with E-state index in [9.17, 15) is 4.79 Å². The Kier molecular flexibility index (Phi) is 4.55. The fourth-order valence-electron chi connectivity index (χ4n) is 2.14. The van der Waals surface area contributed by atoms with Crippen LogP contribution in [0.5, 0.6) is 5.75 Å². The Bertz CT molecular complexity index is 636. The summed E-state index contributed by atoms with van der Waals surface area (Å²) in [5.41, 5.74) is 3.36. The Morgan fingerprint density at radius 3 is 2.50 bits per heavy atom. The first-order chi connectivity index (χ1) is 9.52. The summed E-state index contributed by atoms with van der Waals surface area (Å²) in [6.45, 7) is 3.88. The van der Waals surface area contributed by atoms with Crippen molar-refractivity contribution in [2.45, 2.75) is 20.3 Å². The van der Waals surface area contributed by atoms with Crippen LogP contribution in [0.4, 0.5) is 0 Å². The Morgan fingerprint density at radius 2 is 1.90 bits per heavy atom. The Balaban J connectivity index is 2.26. The number of carbonyl (C=O) groups is 1. The molecule has 0 atom stereocenters. The molecular weight excluding hydrogens is 318 g/mol. The van der Waals surface area contributed by atoms with E-state index in [-0.39, 0.29) is 12.2 Å². The highest BCUT2D eigenvalue weighted by molar-refractivity contribution is 9.10. The van der Waals surface area contributed by atoms with Gasteiger partial charge in [0, 0.05) is 27.4 Å². The van der Waals surface area contributed by atoms with Gasteiger partial charge in [-0.05, 0) is 26.0 Å². The molecule has 1 aromatic heterocycles. The molecule has 4 heteroatoms. The van der Waals surface area contributed by atoms with E-state index < -0.39 is 0 Å². The van der Waals surface area contributed by atoms with Crippen LogP contribution in [0.1, 0.15) is 27.2 Å². The van der Waals surface area contributed by atoms with Crippen molar-refractivity contribution in [2.24, 2.45) is 0 Å². The zero-order valence-corrected chi connectivity index (χ0v) is 13.3. The number of aromatic nitrogens is 1. The van der Waals surface area contributed by atoms with Gasteiger partial charge >= 0.3 is 0 Å². The lowest BCUT2D eigenvalue weighted by atomic mass is 10.0. The van der Waals surface area contributed by atoms with Crippen molar-refractivity contribution >= 4 is 21.7 Å². The molecule has 0 aliphatic rings. The number of ketones is 1. The lowest BCUT2D eigenvalue weighted by molar-refractivity contribution is 0.0991. The van der Waals surface area contributed by atoms with Gasteiger partial charge in [-0.15, -0.1) is 0 Å². The van der Waals surface area contributed by atoms with Gasteiger partial charge in [0.2, 0.25) is 0 Å². The molecule has 20 heavy (non-hydrogen) atoms. The summed E-state index contributed by atoms with van der Waals surface area (Å²) in [6, 6.07) is 7.35. The van der Waals surface area contributed by atoms with Gasteiger partial charge < -0.3 is 4.74 Å². The number of nitrogens with zero attached hydrogens (tertiary/aromatic N) is 1. The molecule has 0 saturated carbocycles. The molecule has 0 radical (unpaired) electrons. The quantitative estimate of drug-likeness (QED) is 0.796. The number of halogens is 1. The number of rotatable bonds is 4. The zero-order valence-electron chi connectivity index (χ0n) is 11.7.